The summed E-state index contributed by atoms with van der Waals surface area (Å²) in [7, 11) is 0. The Morgan fingerprint density at radius 3 is 2.38 bits per heavy atom. The molecule has 0 bridgehead atoms. The number of ether oxygens (including phenoxy) is 2. The molecule has 0 unspecified atom stereocenters. The van der Waals surface area contributed by atoms with Crippen molar-refractivity contribution >= 4 is 34.7 Å². The van der Waals surface area contributed by atoms with Gasteiger partial charge < -0.3 is 14.6 Å². The van der Waals surface area contributed by atoms with E-state index in [2.05, 4.69) is 0 Å². The van der Waals surface area contributed by atoms with E-state index in [0.717, 1.165) is 5.56 Å². The minimum atomic E-state index is -0.421. The molecule has 0 amide bonds. The molecule has 1 heterocycles. The average molecular weight is 365 g/mol. The van der Waals surface area contributed by atoms with Crippen LogP contribution in [0.4, 0.5) is 0 Å². The smallest absolute Gasteiger partial charge is 0.339 e. The lowest BCUT2D eigenvalue weighted by Gasteiger charge is -2.10. The Balaban J connectivity index is 1.75. The highest BCUT2D eigenvalue weighted by atomic mass is 35.5. The normalized spacial score (nSPS) is 14.0. The number of esters is 1. The number of cyclic esters (lactones) is 1. The number of hydrogen-bond acceptors (Lipinski definition) is 4. The minimum Gasteiger partial charge on any atom is -0.489 e. The van der Waals surface area contributed by atoms with Crippen molar-refractivity contribution < 1.29 is 19.4 Å². The average Bonchev–Trinajstić information content (AvgIpc) is 2.96. The molecule has 2 aromatic carbocycles. The molecule has 6 heteroatoms. The third-order valence-corrected chi connectivity index (χ3v) is 4.42. The number of halogens is 2. The van der Waals surface area contributed by atoms with E-state index < -0.39 is 5.97 Å². The molecule has 3 rings (SSSR count). The summed E-state index contributed by atoms with van der Waals surface area (Å²) in [6.07, 6.45) is 0. The fourth-order valence-electron chi connectivity index (χ4n) is 2.43. The Bertz CT molecular complexity index is 777. The van der Waals surface area contributed by atoms with Gasteiger partial charge in [-0.3, -0.25) is 0 Å². The Labute approximate surface area is 149 Å². The third-order valence-electron chi connectivity index (χ3n) is 3.71. The topological polar surface area (TPSA) is 55.8 Å². The van der Waals surface area contributed by atoms with Crippen molar-refractivity contribution in [1.29, 1.82) is 0 Å². The van der Waals surface area contributed by atoms with Crippen molar-refractivity contribution in [3.8, 4) is 5.75 Å². The highest BCUT2D eigenvalue weighted by Crippen LogP contribution is 2.29. The molecule has 1 aliphatic heterocycles. The minimum absolute atomic E-state index is 0.133. The Morgan fingerprint density at radius 2 is 1.75 bits per heavy atom. The first-order valence-electron chi connectivity index (χ1n) is 7.26. The summed E-state index contributed by atoms with van der Waals surface area (Å²) in [6.45, 7) is 0.169. The predicted octanol–water partition coefficient (Wildman–Crippen LogP) is 3.88. The molecule has 0 atom stereocenters. The van der Waals surface area contributed by atoms with Gasteiger partial charge in [-0.25, -0.2) is 4.79 Å². The maximum absolute atomic E-state index is 11.8. The number of aliphatic hydroxyl groups excluding tert-OH is 1. The SMILES string of the molecule is O=C1OCC(CO)=C1c1ccc(OCc2c(Cl)cccc2Cl)cc1. The van der Waals surface area contributed by atoms with Crippen molar-refractivity contribution in [1.82, 2.24) is 0 Å². The van der Waals surface area contributed by atoms with Crippen LogP contribution in [0.25, 0.3) is 5.57 Å². The molecule has 1 N–H and O–H groups in total. The standard InChI is InChI=1S/C18H14Cl2O4/c19-15-2-1-3-16(20)14(15)10-23-13-6-4-11(5-7-13)17-12(8-21)9-24-18(17)22/h1-7,21H,8-10H2. The summed E-state index contributed by atoms with van der Waals surface area (Å²) in [6, 6.07) is 12.3. The lowest BCUT2D eigenvalue weighted by molar-refractivity contribution is -0.134. The summed E-state index contributed by atoms with van der Waals surface area (Å²) in [5.41, 5.74) is 2.40. The van der Waals surface area contributed by atoms with Gasteiger partial charge in [-0.05, 0) is 29.8 Å². The second kappa shape index (κ2) is 7.26. The number of carbonyl (C=O) groups is 1. The van der Waals surface area contributed by atoms with Gasteiger partial charge in [0.05, 0.1) is 12.2 Å². The molecular weight excluding hydrogens is 351 g/mol. The molecule has 0 saturated heterocycles. The van der Waals surface area contributed by atoms with Crippen LogP contribution in [-0.2, 0) is 16.1 Å². The van der Waals surface area contributed by atoms with E-state index in [1.807, 2.05) is 0 Å². The molecule has 1 aliphatic rings. The lowest BCUT2D eigenvalue weighted by Crippen LogP contribution is -2.00. The zero-order chi connectivity index (χ0) is 17.1. The number of aliphatic hydroxyl groups is 1. The first kappa shape index (κ1) is 16.8. The van der Waals surface area contributed by atoms with Crippen molar-refractivity contribution in [2.24, 2.45) is 0 Å². The molecule has 4 nitrogen and oxygen atoms in total. The highest BCUT2D eigenvalue weighted by Gasteiger charge is 2.25. The second-order valence-electron chi connectivity index (χ2n) is 5.23. The monoisotopic (exact) mass is 364 g/mol. The van der Waals surface area contributed by atoms with E-state index in [-0.39, 0.29) is 19.8 Å². The van der Waals surface area contributed by atoms with E-state index in [1.165, 1.54) is 0 Å². The quantitative estimate of drug-likeness (QED) is 0.818. The van der Waals surface area contributed by atoms with Crippen LogP contribution in [0.1, 0.15) is 11.1 Å². The van der Waals surface area contributed by atoms with E-state index >= 15 is 0 Å². The van der Waals surface area contributed by atoms with Gasteiger partial charge in [0.15, 0.2) is 0 Å². The molecule has 0 aliphatic carbocycles. The van der Waals surface area contributed by atoms with Crippen LogP contribution in [-0.4, -0.2) is 24.3 Å². The van der Waals surface area contributed by atoms with Crippen molar-refractivity contribution in [3.63, 3.8) is 0 Å². The summed E-state index contributed by atoms with van der Waals surface area (Å²) in [5, 5.41) is 10.4. The molecule has 0 fully saturated rings. The fourth-order valence-corrected chi connectivity index (χ4v) is 2.94. The fraction of sp³-hybridized carbons (Fsp3) is 0.167. The van der Waals surface area contributed by atoms with Crippen LogP contribution in [0.2, 0.25) is 10.0 Å². The van der Waals surface area contributed by atoms with Gasteiger partial charge in [0, 0.05) is 21.2 Å². The summed E-state index contributed by atoms with van der Waals surface area (Å²) in [5.74, 6) is 0.197. The zero-order valence-electron chi connectivity index (χ0n) is 12.6. The van der Waals surface area contributed by atoms with Gasteiger partial charge >= 0.3 is 5.97 Å². The van der Waals surface area contributed by atoms with Gasteiger partial charge in [-0.2, -0.15) is 0 Å². The number of benzene rings is 2. The maximum atomic E-state index is 11.8. The van der Waals surface area contributed by atoms with Gasteiger partial charge in [0.1, 0.15) is 19.0 Å². The van der Waals surface area contributed by atoms with E-state index in [4.69, 9.17) is 32.7 Å². The van der Waals surface area contributed by atoms with Crippen molar-refractivity contribution in [2.45, 2.75) is 6.61 Å². The first-order chi connectivity index (χ1) is 11.6. The zero-order valence-corrected chi connectivity index (χ0v) is 14.1. The van der Waals surface area contributed by atoms with Crippen LogP contribution in [0.3, 0.4) is 0 Å². The largest absolute Gasteiger partial charge is 0.489 e. The van der Waals surface area contributed by atoms with Crippen LogP contribution >= 0.6 is 23.2 Å². The molecule has 0 saturated carbocycles. The molecule has 2 aromatic rings. The number of hydrogen-bond donors (Lipinski definition) is 1. The van der Waals surface area contributed by atoms with Crippen LogP contribution < -0.4 is 4.74 Å². The van der Waals surface area contributed by atoms with E-state index in [1.54, 1.807) is 42.5 Å². The maximum Gasteiger partial charge on any atom is 0.339 e. The Morgan fingerprint density at radius 1 is 1.08 bits per heavy atom. The number of carbonyl (C=O) groups excluding carboxylic acids is 1. The lowest BCUT2D eigenvalue weighted by atomic mass is 10.0. The molecule has 0 aromatic heterocycles. The third kappa shape index (κ3) is 3.41. The Kier molecular flexibility index (Phi) is 5.09. The molecule has 0 spiro atoms. The summed E-state index contributed by atoms with van der Waals surface area (Å²) >= 11 is 12.2. The van der Waals surface area contributed by atoms with E-state index in [0.29, 0.717) is 32.5 Å². The summed E-state index contributed by atoms with van der Waals surface area (Å²) in [4.78, 5) is 11.8. The predicted molar refractivity (Wildman–Crippen MR) is 92.2 cm³/mol. The molecule has 124 valence electrons. The number of rotatable bonds is 5. The van der Waals surface area contributed by atoms with Crippen molar-refractivity contribution in [2.75, 3.05) is 13.2 Å². The van der Waals surface area contributed by atoms with Crippen LogP contribution in [0.5, 0.6) is 5.75 Å². The highest BCUT2D eigenvalue weighted by molar-refractivity contribution is 6.35. The van der Waals surface area contributed by atoms with Gasteiger partial charge in [-0.1, -0.05) is 41.4 Å². The van der Waals surface area contributed by atoms with Gasteiger partial charge in [0.25, 0.3) is 0 Å². The molecule has 24 heavy (non-hydrogen) atoms. The first-order valence-corrected chi connectivity index (χ1v) is 8.02. The second-order valence-corrected chi connectivity index (χ2v) is 6.04. The van der Waals surface area contributed by atoms with Gasteiger partial charge in [-0.15, -0.1) is 0 Å². The van der Waals surface area contributed by atoms with E-state index in [9.17, 15) is 9.90 Å². The molecular formula is C18H14Cl2O4. The Hall–Kier alpha value is -2.01. The van der Waals surface area contributed by atoms with Crippen LogP contribution in [0, 0.1) is 0 Å². The molecule has 0 radical (unpaired) electrons. The van der Waals surface area contributed by atoms with Crippen molar-refractivity contribution in [3.05, 3.63) is 69.2 Å². The summed E-state index contributed by atoms with van der Waals surface area (Å²) < 4.78 is 10.7. The van der Waals surface area contributed by atoms with Gasteiger partial charge in [0.2, 0.25) is 0 Å². The van der Waals surface area contributed by atoms with Crippen LogP contribution in [0.15, 0.2) is 48.0 Å².